The fraction of sp³-hybridized carbons (Fsp3) is 0.400. The molecular weight excluding hydrogens is 240 g/mol. The van der Waals surface area contributed by atoms with Crippen LogP contribution >= 0.6 is 0 Å². The molecule has 1 aliphatic heterocycles. The smallest absolute Gasteiger partial charge is 0.136 e. The Kier molecular flexibility index (Phi) is 2.82. The van der Waals surface area contributed by atoms with Gasteiger partial charge in [0, 0.05) is 24.7 Å². The van der Waals surface area contributed by atoms with Crippen LogP contribution in [0.15, 0.2) is 30.5 Å². The minimum Gasteiger partial charge on any atom is -0.508 e. The number of fused-ring (bicyclic) bond motifs is 1. The summed E-state index contributed by atoms with van der Waals surface area (Å²) in [5, 5.41) is 21.9. The molecule has 2 N–H and O–H groups in total. The largest absolute Gasteiger partial charge is 0.508 e. The van der Waals surface area contributed by atoms with Crippen molar-refractivity contribution < 1.29 is 10.2 Å². The monoisotopic (exact) mass is 258 g/mol. The van der Waals surface area contributed by atoms with E-state index in [0.29, 0.717) is 6.54 Å². The first-order valence-corrected chi connectivity index (χ1v) is 6.60. The molecule has 1 unspecified atom stereocenters. The number of nitrogens with zero attached hydrogens (tertiary/aromatic N) is 2. The number of anilines is 1. The van der Waals surface area contributed by atoms with Crippen LogP contribution in [0.2, 0.25) is 0 Å². The first-order chi connectivity index (χ1) is 9.05. The number of pyridine rings is 1. The average molecular weight is 258 g/mol. The van der Waals surface area contributed by atoms with Crippen LogP contribution in [0, 0.1) is 0 Å². The van der Waals surface area contributed by atoms with Crippen LogP contribution < -0.4 is 4.90 Å². The van der Waals surface area contributed by atoms with Crippen molar-refractivity contribution in [3.05, 3.63) is 30.5 Å². The highest BCUT2D eigenvalue weighted by atomic mass is 16.3. The lowest BCUT2D eigenvalue weighted by molar-refractivity contribution is 0.0448. The Morgan fingerprint density at radius 2 is 2.16 bits per heavy atom. The van der Waals surface area contributed by atoms with Gasteiger partial charge in [0.15, 0.2) is 0 Å². The predicted molar refractivity (Wildman–Crippen MR) is 75.5 cm³/mol. The Balaban J connectivity index is 2.07. The molecule has 1 saturated heterocycles. The van der Waals surface area contributed by atoms with E-state index in [2.05, 4.69) is 9.88 Å². The van der Waals surface area contributed by atoms with Crippen molar-refractivity contribution in [3.63, 3.8) is 0 Å². The second-order valence-electron chi connectivity index (χ2n) is 5.56. The molecule has 4 heteroatoms. The number of phenols is 1. The summed E-state index contributed by atoms with van der Waals surface area (Å²) in [6.07, 6.45) is 3.54. The number of hydrogen-bond acceptors (Lipinski definition) is 4. The lowest BCUT2D eigenvalue weighted by Gasteiger charge is -2.37. The Hall–Kier alpha value is -1.81. The number of rotatable bonds is 1. The number of β-amino-alcohol motifs (C(OH)–C–C–N with tert-alkyl or cyclic N) is 1. The van der Waals surface area contributed by atoms with Crippen LogP contribution in [-0.2, 0) is 0 Å². The fourth-order valence-electron chi connectivity index (χ4n) is 2.79. The van der Waals surface area contributed by atoms with Crippen molar-refractivity contribution >= 4 is 16.6 Å². The van der Waals surface area contributed by atoms with E-state index in [-0.39, 0.29) is 5.75 Å². The number of phenolic OH excluding ortho intramolecular Hbond substituents is 1. The van der Waals surface area contributed by atoms with Gasteiger partial charge >= 0.3 is 0 Å². The first kappa shape index (κ1) is 12.2. The standard InChI is InChI=1S/C15H18N2O2/c1-15(19)6-2-8-17(10-15)14-13-9-12(18)4-3-11(13)5-7-16-14/h3-5,7,9,18-19H,2,6,8,10H2,1H3. The predicted octanol–water partition coefficient (Wildman–Crippen LogP) is 2.29. The molecule has 3 rings (SSSR count). The highest BCUT2D eigenvalue weighted by Crippen LogP contribution is 2.31. The van der Waals surface area contributed by atoms with Crippen LogP contribution in [-0.4, -0.2) is 33.9 Å². The normalized spacial score (nSPS) is 23.8. The average Bonchev–Trinajstić information content (AvgIpc) is 2.36. The molecule has 0 bridgehead atoms. The molecule has 19 heavy (non-hydrogen) atoms. The molecule has 0 radical (unpaired) electrons. The summed E-state index contributed by atoms with van der Waals surface area (Å²) in [4.78, 5) is 6.54. The van der Waals surface area contributed by atoms with Crippen molar-refractivity contribution in [2.45, 2.75) is 25.4 Å². The molecule has 0 saturated carbocycles. The van der Waals surface area contributed by atoms with E-state index >= 15 is 0 Å². The van der Waals surface area contributed by atoms with E-state index in [9.17, 15) is 10.2 Å². The second kappa shape index (κ2) is 4.38. The van der Waals surface area contributed by atoms with Gasteiger partial charge in [-0.15, -0.1) is 0 Å². The zero-order valence-electron chi connectivity index (χ0n) is 11.0. The number of aliphatic hydroxyl groups is 1. The molecule has 1 aromatic heterocycles. The molecule has 1 aromatic carbocycles. The Morgan fingerprint density at radius 3 is 2.95 bits per heavy atom. The number of aromatic hydroxyl groups is 1. The van der Waals surface area contributed by atoms with Gasteiger partial charge in [-0.05, 0) is 43.4 Å². The van der Waals surface area contributed by atoms with Crippen LogP contribution in [0.3, 0.4) is 0 Å². The van der Waals surface area contributed by atoms with E-state index < -0.39 is 5.60 Å². The van der Waals surface area contributed by atoms with E-state index in [1.807, 2.05) is 19.1 Å². The van der Waals surface area contributed by atoms with Crippen molar-refractivity contribution in [2.75, 3.05) is 18.0 Å². The van der Waals surface area contributed by atoms with Crippen molar-refractivity contribution in [2.24, 2.45) is 0 Å². The first-order valence-electron chi connectivity index (χ1n) is 6.60. The summed E-state index contributed by atoms with van der Waals surface area (Å²) in [6, 6.07) is 7.23. The maximum absolute atomic E-state index is 10.2. The number of aromatic nitrogens is 1. The molecule has 0 amide bonds. The van der Waals surface area contributed by atoms with Gasteiger partial charge in [-0.2, -0.15) is 0 Å². The second-order valence-corrected chi connectivity index (χ2v) is 5.56. The minimum atomic E-state index is -0.668. The van der Waals surface area contributed by atoms with Gasteiger partial charge in [0.25, 0.3) is 0 Å². The van der Waals surface area contributed by atoms with Gasteiger partial charge in [0.2, 0.25) is 0 Å². The molecule has 1 atom stereocenters. The van der Waals surface area contributed by atoms with Crippen molar-refractivity contribution in [1.82, 2.24) is 4.98 Å². The third-order valence-corrected chi connectivity index (χ3v) is 3.70. The highest BCUT2D eigenvalue weighted by molar-refractivity contribution is 5.93. The summed E-state index contributed by atoms with van der Waals surface area (Å²) in [7, 11) is 0. The van der Waals surface area contributed by atoms with E-state index in [1.165, 1.54) is 0 Å². The summed E-state index contributed by atoms with van der Waals surface area (Å²) in [6.45, 7) is 3.33. The zero-order valence-corrected chi connectivity index (χ0v) is 11.0. The molecule has 1 aliphatic rings. The lowest BCUT2D eigenvalue weighted by atomic mass is 9.95. The quantitative estimate of drug-likeness (QED) is 0.824. The molecule has 100 valence electrons. The van der Waals surface area contributed by atoms with Gasteiger partial charge in [-0.3, -0.25) is 0 Å². The number of hydrogen-bond donors (Lipinski definition) is 2. The van der Waals surface area contributed by atoms with Crippen LogP contribution in [0.4, 0.5) is 5.82 Å². The SMILES string of the molecule is CC1(O)CCCN(c2nccc3ccc(O)cc23)C1. The van der Waals surface area contributed by atoms with E-state index in [4.69, 9.17) is 0 Å². The Bertz CT molecular complexity index is 610. The molecule has 4 nitrogen and oxygen atoms in total. The summed E-state index contributed by atoms with van der Waals surface area (Å²) < 4.78 is 0. The maximum Gasteiger partial charge on any atom is 0.136 e. The van der Waals surface area contributed by atoms with Crippen LogP contribution in [0.5, 0.6) is 5.75 Å². The third kappa shape index (κ3) is 2.36. The summed E-state index contributed by atoms with van der Waals surface area (Å²) >= 11 is 0. The van der Waals surface area contributed by atoms with Gasteiger partial charge in [0.05, 0.1) is 5.60 Å². The molecule has 1 fully saturated rings. The molecular formula is C15H18N2O2. The Labute approximate surface area is 112 Å². The molecule has 0 spiro atoms. The van der Waals surface area contributed by atoms with Crippen LogP contribution in [0.25, 0.3) is 10.8 Å². The summed E-state index contributed by atoms with van der Waals surface area (Å²) in [5.41, 5.74) is -0.668. The van der Waals surface area contributed by atoms with Gasteiger partial charge in [-0.1, -0.05) is 6.07 Å². The van der Waals surface area contributed by atoms with Gasteiger partial charge in [0.1, 0.15) is 11.6 Å². The summed E-state index contributed by atoms with van der Waals surface area (Å²) in [5.74, 6) is 1.08. The van der Waals surface area contributed by atoms with Crippen molar-refractivity contribution in [1.29, 1.82) is 0 Å². The van der Waals surface area contributed by atoms with E-state index in [0.717, 1.165) is 36.0 Å². The van der Waals surface area contributed by atoms with Crippen LogP contribution in [0.1, 0.15) is 19.8 Å². The fourth-order valence-corrected chi connectivity index (χ4v) is 2.79. The topological polar surface area (TPSA) is 56.6 Å². The minimum absolute atomic E-state index is 0.241. The number of benzene rings is 1. The van der Waals surface area contributed by atoms with Crippen molar-refractivity contribution in [3.8, 4) is 5.75 Å². The van der Waals surface area contributed by atoms with Gasteiger partial charge < -0.3 is 15.1 Å². The lowest BCUT2D eigenvalue weighted by Crippen LogP contribution is -2.46. The van der Waals surface area contributed by atoms with E-state index in [1.54, 1.807) is 18.3 Å². The third-order valence-electron chi connectivity index (χ3n) is 3.70. The molecule has 2 heterocycles. The zero-order chi connectivity index (χ0) is 13.5. The molecule has 0 aliphatic carbocycles. The highest BCUT2D eigenvalue weighted by Gasteiger charge is 2.29. The Morgan fingerprint density at radius 1 is 1.32 bits per heavy atom. The number of piperidine rings is 1. The molecule has 2 aromatic rings. The van der Waals surface area contributed by atoms with Gasteiger partial charge in [-0.25, -0.2) is 4.98 Å². The maximum atomic E-state index is 10.2.